The topological polar surface area (TPSA) is 36.1 Å². The van der Waals surface area contributed by atoms with Crippen LogP contribution >= 0.6 is 0 Å². The summed E-state index contributed by atoms with van der Waals surface area (Å²) in [6.45, 7) is 1.31. The van der Waals surface area contributed by atoms with Crippen LogP contribution in [0.25, 0.3) is 10.9 Å². The second-order valence-corrected chi connectivity index (χ2v) is 4.70. The fraction of sp³-hybridized carbons (Fsp3) is 0.267. The number of nitrogens with zero attached hydrogens (tertiary/aromatic N) is 1. The quantitative estimate of drug-likeness (QED) is 0.799. The maximum Gasteiger partial charge on any atom is 0.224 e. The second kappa shape index (κ2) is 4.23. The van der Waals surface area contributed by atoms with E-state index in [0.717, 1.165) is 11.1 Å². The van der Waals surface area contributed by atoms with Gasteiger partial charge in [-0.15, -0.1) is 12.3 Å². The highest BCUT2D eigenvalue weighted by Gasteiger charge is 2.28. The lowest BCUT2D eigenvalue weighted by Gasteiger charge is -2.16. The zero-order valence-electron chi connectivity index (χ0n) is 10.0. The van der Waals surface area contributed by atoms with Crippen molar-refractivity contribution in [2.75, 3.05) is 6.54 Å². The van der Waals surface area contributed by atoms with Gasteiger partial charge in [0.15, 0.2) is 0 Å². The summed E-state index contributed by atoms with van der Waals surface area (Å²) >= 11 is 0. The number of nitrogens with one attached hydrogen (secondary N) is 1. The van der Waals surface area contributed by atoms with Gasteiger partial charge in [-0.25, -0.2) is 0 Å². The van der Waals surface area contributed by atoms with Crippen LogP contribution < -0.4 is 0 Å². The zero-order chi connectivity index (χ0) is 12.5. The average molecular weight is 238 g/mol. The number of likely N-dealkylation sites (tertiary alicyclic amines) is 1. The third-order valence-corrected chi connectivity index (χ3v) is 3.48. The molecular weight excluding hydrogens is 224 g/mol. The molecule has 0 spiro atoms. The Morgan fingerprint density at radius 3 is 3.11 bits per heavy atom. The van der Waals surface area contributed by atoms with E-state index in [0.29, 0.717) is 19.5 Å². The van der Waals surface area contributed by atoms with Gasteiger partial charge in [-0.1, -0.05) is 18.2 Å². The molecule has 1 amide bonds. The van der Waals surface area contributed by atoms with Crippen molar-refractivity contribution in [3.8, 4) is 12.3 Å². The van der Waals surface area contributed by atoms with Crippen molar-refractivity contribution in [2.45, 2.75) is 13.0 Å². The molecule has 1 atom stereocenters. The lowest BCUT2D eigenvalue weighted by Crippen LogP contribution is -2.24. The molecular formula is C15H14N2O. The number of fused-ring (bicyclic) bond motifs is 1. The van der Waals surface area contributed by atoms with Gasteiger partial charge < -0.3 is 9.88 Å². The Bertz CT molecular complexity index is 635. The Labute approximate surface area is 106 Å². The lowest BCUT2D eigenvalue weighted by molar-refractivity contribution is -0.128. The molecule has 1 aliphatic heterocycles. The predicted molar refractivity (Wildman–Crippen MR) is 70.7 cm³/mol. The van der Waals surface area contributed by atoms with Gasteiger partial charge in [0.05, 0.1) is 5.52 Å². The molecule has 3 nitrogen and oxygen atoms in total. The minimum Gasteiger partial charge on any atom is -0.361 e. The second-order valence-electron chi connectivity index (χ2n) is 4.70. The molecule has 1 aliphatic rings. The van der Waals surface area contributed by atoms with Crippen molar-refractivity contribution in [3.05, 3.63) is 36.0 Å². The maximum atomic E-state index is 11.8. The summed E-state index contributed by atoms with van der Waals surface area (Å²) in [6, 6.07) is 8.17. The molecule has 1 unspecified atom stereocenters. The first-order valence-electron chi connectivity index (χ1n) is 6.07. The monoisotopic (exact) mass is 238 g/mol. The van der Waals surface area contributed by atoms with Crippen LogP contribution in [0.1, 0.15) is 12.0 Å². The largest absolute Gasteiger partial charge is 0.361 e. The van der Waals surface area contributed by atoms with Gasteiger partial charge in [0.1, 0.15) is 0 Å². The van der Waals surface area contributed by atoms with Gasteiger partial charge in [-0.2, -0.15) is 0 Å². The number of H-pyrrole nitrogens is 1. The third kappa shape index (κ3) is 1.76. The van der Waals surface area contributed by atoms with Crippen LogP contribution in [0.3, 0.4) is 0 Å². The Morgan fingerprint density at radius 2 is 2.33 bits per heavy atom. The molecule has 0 saturated carbocycles. The molecule has 0 radical (unpaired) electrons. The van der Waals surface area contributed by atoms with Crippen LogP contribution in [0, 0.1) is 18.3 Å². The van der Waals surface area contributed by atoms with E-state index in [-0.39, 0.29) is 11.8 Å². The molecule has 18 heavy (non-hydrogen) atoms. The van der Waals surface area contributed by atoms with Gasteiger partial charge in [0.2, 0.25) is 5.91 Å². The molecule has 2 heterocycles. The van der Waals surface area contributed by atoms with Gasteiger partial charge in [-0.3, -0.25) is 4.79 Å². The third-order valence-electron chi connectivity index (χ3n) is 3.48. The van der Waals surface area contributed by atoms with Crippen molar-refractivity contribution < 1.29 is 4.79 Å². The van der Waals surface area contributed by atoms with Crippen LogP contribution in [0.4, 0.5) is 0 Å². The van der Waals surface area contributed by atoms with E-state index in [1.807, 2.05) is 23.2 Å². The SMILES string of the molecule is C#CC1CC(=O)N(Cc2cccc3cc[nH]c23)C1. The predicted octanol–water partition coefficient (Wildman–Crippen LogP) is 2.15. The van der Waals surface area contributed by atoms with E-state index < -0.39 is 0 Å². The number of rotatable bonds is 2. The zero-order valence-corrected chi connectivity index (χ0v) is 10.0. The summed E-state index contributed by atoms with van der Waals surface area (Å²) in [5.74, 6) is 2.90. The summed E-state index contributed by atoms with van der Waals surface area (Å²) in [5.41, 5.74) is 2.25. The van der Waals surface area contributed by atoms with Crippen LogP contribution in [0.5, 0.6) is 0 Å². The molecule has 0 bridgehead atoms. The Balaban J connectivity index is 1.87. The summed E-state index contributed by atoms with van der Waals surface area (Å²) < 4.78 is 0. The number of carbonyl (C=O) groups excluding carboxylic acids is 1. The fourth-order valence-corrected chi connectivity index (χ4v) is 2.52. The highest BCUT2D eigenvalue weighted by molar-refractivity contribution is 5.84. The highest BCUT2D eigenvalue weighted by Crippen LogP contribution is 2.23. The van der Waals surface area contributed by atoms with Crippen molar-refractivity contribution in [1.82, 2.24) is 9.88 Å². The fourth-order valence-electron chi connectivity index (χ4n) is 2.52. The number of hydrogen-bond acceptors (Lipinski definition) is 1. The summed E-state index contributed by atoms with van der Waals surface area (Å²) in [6.07, 6.45) is 7.79. The maximum absolute atomic E-state index is 11.8. The Morgan fingerprint density at radius 1 is 1.44 bits per heavy atom. The van der Waals surface area contributed by atoms with Crippen molar-refractivity contribution in [2.24, 2.45) is 5.92 Å². The smallest absolute Gasteiger partial charge is 0.224 e. The Kier molecular flexibility index (Phi) is 2.56. The number of carbonyl (C=O) groups is 1. The molecule has 3 rings (SSSR count). The number of hydrogen-bond donors (Lipinski definition) is 1. The van der Waals surface area contributed by atoms with Crippen molar-refractivity contribution >= 4 is 16.8 Å². The molecule has 1 aromatic heterocycles. The van der Waals surface area contributed by atoms with Gasteiger partial charge in [0.25, 0.3) is 0 Å². The molecule has 3 heteroatoms. The summed E-state index contributed by atoms with van der Waals surface area (Å²) in [5, 5.41) is 1.17. The molecule has 90 valence electrons. The minimum absolute atomic E-state index is 0.0698. The van der Waals surface area contributed by atoms with Crippen molar-refractivity contribution in [3.63, 3.8) is 0 Å². The van der Waals surface area contributed by atoms with Crippen LogP contribution in [-0.4, -0.2) is 22.3 Å². The first-order chi connectivity index (χ1) is 8.78. The van der Waals surface area contributed by atoms with Gasteiger partial charge >= 0.3 is 0 Å². The van der Waals surface area contributed by atoms with E-state index >= 15 is 0 Å². The highest BCUT2D eigenvalue weighted by atomic mass is 16.2. The van der Waals surface area contributed by atoms with Crippen LogP contribution in [-0.2, 0) is 11.3 Å². The van der Waals surface area contributed by atoms with E-state index in [1.165, 1.54) is 5.39 Å². The van der Waals surface area contributed by atoms with E-state index in [2.05, 4.69) is 23.0 Å². The molecule has 2 aromatic rings. The molecule has 1 fully saturated rings. The number of terminal acetylenes is 1. The number of amides is 1. The van der Waals surface area contributed by atoms with E-state index in [4.69, 9.17) is 6.42 Å². The lowest BCUT2D eigenvalue weighted by atomic mass is 10.1. The normalized spacial score (nSPS) is 19.4. The van der Waals surface area contributed by atoms with E-state index in [1.54, 1.807) is 0 Å². The first-order valence-corrected chi connectivity index (χ1v) is 6.07. The van der Waals surface area contributed by atoms with Crippen LogP contribution in [0.2, 0.25) is 0 Å². The van der Waals surface area contributed by atoms with E-state index in [9.17, 15) is 4.79 Å². The summed E-state index contributed by atoms with van der Waals surface area (Å²) in [4.78, 5) is 16.9. The first kappa shape index (κ1) is 10.9. The number of aromatic amines is 1. The Hall–Kier alpha value is -2.21. The van der Waals surface area contributed by atoms with Gasteiger partial charge in [0, 0.05) is 31.6 Å². The van der Waals surface area contributed by atoms with Crippen molar-refractivity contribution in [1.29, 1.82) is 0 Å². The molecule has 1 N–H and O–H groups in total. The average Bonchev–Trinajstić information content (AvgIpc) is 2.97. The van der Waals surface area contributed by atoms with Gasteiger partial charge in [-0.05, 0) is 17.0 Å². The minimum atomic E-state index is 0.0698. The number of para-hydroxylation sites is 1. The molecule has 0 aliphatic carbocycles. The summed E-state index contributed by atoms with van der Waals surface area (Å²) in [7, 11) is 0. The molecule has 1 saturated heterocycles. The molecule has 1 aromatic carbocycles. The standard InChI is InChI=1S/C15H14N2O/c1-2-11-8-14(18)17(9-11)10-13-5-3-4-12-6-7-16-15(12)13/h1,3-7,11,16H,8-10H2. The number of benzene rings is 1. The number of aromatic nitrogens is 1. The van der Waals surface area contributed by atoms with Crippen LogP contribution in [0.15, 0.2) is 30.5 Å².